The first-order chi connectivity index (χ1) is 20.5. The molecule has 4 atom stereocenters. The molecule has 3 aromatic rings. The van der Waals surface area contributed by atoms with Crippen molar-refractivity contribution in [1.82, 2.24) is 4.90 Å². The van der Waals surface area contributed by atoms with Crippen molar-refractivity contribution in [2.75, 3.05) is 10.8 Å². The predicted molar refractivity (Wildman–Crippen MR) is 167 cm³/mol. The molecule has 2 fully saturated rings. The first kappa shape index (κ1) is 31.3. The average Bonchev–Trinajstić information content (AvgIpc) is 3.82. The molecule has 11 heteroatoms. The Morgan fingerprint density at radius 2 is 1.65 bits per heavy atom. The van der Waals surface area contributed by atoms with Crippen LogP contribution in [0.3, 0.4) is 0 Å². The van der Waals surface area contributed by atoms with Gasteiger partial charge in [-0.2, -0.15) is 0 Å². The molecule has 43 heavy (non-hydrogen) atoms. The minimum absolute atomic E-state index is 0.0155. The topological polar surface area (TPSA) is 104 Å². The number of nitrogens with zero attached hydrogens (tertiary/aromatic N) is 2. The summed E-state index contributed by atoms with van der Waals surface area (Å²) in [4.78, 5) is 27.9. The van der Waals surface area contributed by atoms with Gasteiger partial charge in [0, 0.05) is 10.0 Å². The molecular weight excluding hydrogens is 611 g/mol. The number of amides is 1. The van der Waals surface area contributed by atoms with E-state index in [0.717, 1.165) is 0 Å². The van der Waals surface area contributed by atoms with Gasteiger partial charge in [0.15, 0.2) is 0 Å². The van der Waals surface area contributed by atoms with Crippen LogP contribution in [0.25, 0.3) is 0 Å². The van der Waals surface area contributed by atoms with Gasteiger partial charge < -0.3 is 14.7 Å². The highest BCUT2D eigenvalue weighted by molar-refractivity contribution is 7.93. The second kappa shape index (κ2) is 12.9. The van der Waals surface area contributed by atoms with E-state index in [1.165, 1.54) is 4.31 Å². The van der Waals surface area contributed by atoms with Crippen molar-refractivity contribution in [2.24, 2.45) is 5.92 Å². The van der Waals surface area contributed by atoms with Crippen LogP contribution in [0.4, 0.5) is 5.69 Å². The maximum Gasteiger partial charge on any atom is 0.306 e. The number of aliphatic carboxylic acids is 1. The molecule has 0 radical (unpaired) electrons. The Balaban J connectivity index is 1.67. The van der Waals surface area contributed by atoms with Crippen LogP contribution >= 0.6 is 23.2 Å². The lowest BCUT2D eigenvalue weighted by atomic mass is 9.88. The smallest absolute Gasteiger partial charge is 0.306 e. The minimum Gasteiger partial charge on any atom is -0.481 e. The van der Waals surface area contributed by atoms with Crippen LogP contribution in [0.15, 0.2) is 78.9 Å². The average molecular weight is 646 g/mol. The van der Waals surface area contributed by atoms with Gasteiger partial charge >= 0.3 is 5.97 Å². The van der Waals surface area contributed by atoms with E-state index < -0.39 is 57.9 Å². The summed E-state index contributed by atoms with van der Waals surface area (Å²) in [6, 6.07) is 21.6. The maximum atomic E-state index is 14.3. The van der Waals surface area contributed by atoms with Gasteiger partial charge in [-0.15, -0.1) is 0 Å². The lowest BCUT2D eigenvalue weighted by Gasteiger charge is -2.50. The Labute approximate surface area is 262 Å². The third kappa shape index (κ3) is 6.85. The number of benzene rings is 3. The molecule has 228 valence electrons. The highest BCUT2D eigenvalue weighted by Gasteiger charge is 2.50. The number of ether oxygens (including phenoxy) is 1. The Morgan fingerprint density at radius 1 is 0.977 bits per heavy atom. The zero-order valence-corrected chi connectivity index (χ0v) is 26.2. The van der Waals surface area contributed by atoms with Crippen LogP contribution < -0.4 is 4.31 Å². The largest absolute Gasteiger partial charge is 0.481 e. The molecule has 0 bridgehead atoms. The van der Waals surface area contributed by atoms with Gasteiger partial charge in [-0.25, -0.2) is 8.42 Å². The first-order valence-corrected chi connectivity index (χ1v) is 16.5. The molecule has 1 amide bonds. The maximum absolute atomic E-state index is 14.3. The van der Waals surface area contributed by atoms with E-state index in [0.29, 0.717) is 39.7 Å². The number of carboxylic acids is 1. The van der Waals surface area contributed by atoms with Crippen molar-refractivity contribution >= 4 is 50.8 Å². The van der Waals surface area contributed by atoms with E-state index in [1.54, 1.807) is 71.6 Å². The van der Waals surface area contributed by atoms with Crippen molar-refractivity contribution in [2.45, 2.75) is 62.7 Å². The van der Waals surface area contributed by atoms with E-state index in [4.69, 9.17) is 27.9 Å². The van der Waals surface area contributed by atoms with Gasteiger partial charge in [-0.3, -0.25) is 13.9 Å². The molecule has 1 saturated heterocycles. The fraction of sp³-hybridized carbons (Fsp3) is 0.375. The van der Waals surface area contributed by atoms with E-state index in [1.807, 2.05) is 26.0 Å². The standard InChI is InChI=1S/C32H34Cl2N2O6S/c1-20(2)27(19-35(25-9-4-3-5-10-25)43(40,41)26-15-16-26)36-30(21-11-13-23(33)14-12-21)31(22-7-6-8-24(34)17-22)42-28(32(36)39)18-29(37)38/h3-14,17,20,26-28,30-31H,15-16,18-19H2,1-2H3,(H,37,38)/t27-,28+,30?,31-/m1/s1. The number of hydrogen-bond acceptors (Lipinski definition) is 5. The Hall–Kier alpha value is -3.11. The number of rotatable bonds is 11. The third-order valence-electron chi connectivity index (χ3n) is 7.95. The Morgan fingerprint density at radius 3 is 2.23 bits per heavy atom. The van der Waals surface area contributed by atoms with Crippen LogP contribution in [0.5, 0.6) is 0 Å². The Bertz CT molecular complexity index is 1560. The first-order valence-electron chi connectivity index (χ1n) is 14.2. The summed E-state index contributed by atoms with van der Waals surface area (Å²) in [6.07, 6.45) is -1.48. The minimum atomic E-state index is -3.72. The van der Waals surface area contributed by atoms with E-state index in [-0.39, 0.29) is 12.5 Å². The van der Waals surface area contributed by atoms with Gasteiger partial charge in [0.2, 0.25) is 10.0 Å². The molecule has 0 aromatic heterocycles. The van der Waals surface area contributed by atoms with Crippen LogP contribution in [-0.2, 0) is 24.3 Å². The Kier molecular flexibility index (Phi) is 9.37. The molecule has 1 N–H and O–H groups in total. The summed E-state index contributed by atoms with van der Waals surface area (Å²) >= 11 is 12.6. The third-order valence-corrected chi connectivity index (χ3v) is 10.7. The SMILES string of the molecule is CC(C)[C@@H](CN(c1ccccc1)S(=O)(=O)C1CC1)N1C(=O)[C@H](CC(=O)O)O[C@H](c2cccc(Cl)c2)C1c1ccc(Cl)cc1. The quantitative estimate of drug-likeness (QED) is 0.255. The summed E-state index contributed by atoms with van der Waals surface area (Å²) < 4.78 is 35.4. The van der Waals surface area contributed by atoms with Gasteiger partial charge in [-0.1, -0.05) is 79.5 Å². The summed E-state index contributed by atoms with van der Waals surface area (Å²) in [5, 5.41) is 10.2. The van der Waals surface area contributed by atoms with Crippen LogP contribution in [-0.4, -0.2) is 54.2 Å². The van der Waals surface area contributed by atoms with Crippen molar-refractivity contribution in [3.8, 4) is 0 Å². The molecule has 1 unspecified atom stereocenters. The number of sulfonamides is 1. The molecule has 1 aliphatic heterocycles. The summed E-state index contributed by atoms with van der Waals surface area (Å²) in [5.74, 6) is -1.92. The van der Waals surface area contributed by atoms with E-state index in [2.05, 4.69) is 0 Å². The molecule has 1 aliphatic carbocycles. The fourth-order valence-electron chi connectivity index (χ4n) is 5.65. The van der Waals surface area contributed by atoms with Gasteiger partial charge in [-0.05, 0) is 66.3 Å². The summed E-state index contributed by atoms with van der Waals surface area (Å²) in [5.41, 5.74) is 1.88. The number of anilines is 1. The number of para-hydroxylation sites is 1. The molecule has 8 nitrogen and oxygen atoms in total. The molecule has 1 saturated carbocycles. The van der Waals surface area contributed by atoms with Gasteiger partial charge in [0.05, 0.1) is 36.0 Å². The predicted octanol–water partition coefficient (Wildman–Crippen LogP) is 6.50. The fourth-order valence-corrected chi connectivity index (χ4v) is 7.84. The van der Waals surface area contributed by atoms with Crippen molar-refractivity contribution in [3.05, 3.63) is 100 Å². The number of carbonyl (C=O) groups excluding carboxylic acids is 1. The molecular formula is C32H34Cl2N2O6S. The van der Waals surface area contributed by atoms with Crippen LogP contribution in [0.2, 0.25) is 10.0 Å². The van der Waals surface area contributed by atoms with Crippen LogP contribution in [0, 0.1) is 5.92 Å². The second-order valence-electron chi connectivity index (χ2n) is 11.4. The monoisotopic (exact) mass is 644 g/mol. The summed E-state index contributed by atoms with van der Waals surface area (Å²) in [6.45, 7) is 3.85. The lowest BCUT2D eigenvalue weighted by Crippen LogP contribution is -2.59. The summed E-state index contributed by atoms with van der Waals surface area (Å²) in [7, 11) is -3.72. The second-order valence-corrected chi connectivity index (χ2v) is 14.4. The molecule has 0 spiro atoms. The molecule has 3 aromatic carbocycles. The van der Waals surface area contributed by atoms with Gasteiger partial charge in [0.25, 0.3) is 5.91 Å². The van der Waals surface area contributed by atoms with Crippen molar-refractivity contribution in [3.63, 3.8) is 0 Å². The normalized spacial score (nSPS) is 21.6. The molecule has 5 rings (SSSR count). The van der Waals surface area contributed by atoms with Crippen molar-refractivity contribution in [1.29, 1.82) is 0 Å². The highest BCUT2D eigenvalue weighted by atomic mass is 35.5. The van der Waals surface area contributed by atoms with E-state index >= 15 is 0 Å². The number of morpholine rings is 1. The van der Waals surface area contributed by atoms with Crippen LogP contribution in [0.1, 0.15) is 56.4 Å². The van der Waals surface area contributed by atoms with E-state index in [9.17, 15) is 23.1 Å². The molecule has 2 aliphatic rings. The zero-order valence-electron chi connectivity index (χ0n) is 23.8. The number of hydrogen-bond donors (Lipinski definition) is 1. The van der Waals surface area contributed by atoms with Crippen molar-refractivity contribution < 1.29 is 27.9 Å². The number of carbonyl (C=O) groups is 2. The highest BCUT2D eigenvalue weighted by Crippen LogP contribution is 2.46. The molecule has 1 heterocycles. The number of carboxylic acid groups (broad SMARTS) is 1. The van der Waals surface area contributed by atoms with Gasteiger partial charge in [0.1, 0.15) is 12.2 Å². The lowest BCUT2D eigenvalue weighted by molar-refractivity contribution is -0.184. The zero-order chi connectivity index (χ0) is 30.9. The number of halogens is 2.